The fourth-order valence-electron chi connectivity index (χ4n) is 3.27. The van der Waals surface area contributed by atoms with E-state index in [4.69, 9.17) is 0 Å². The number of carbonyl (C=O) groups excluding carboxylic acids is 1. The predicted octanol–water partition coefficient (Wildman–Crippen LogP) is 3.83. The monoisotopic (exact) mass is 326 g/mol. The van der Waals surface area contributed by atoms with Crippen molar-refractivity contribution < 1.29 is 9.18 Å². The van der Waals surface area contributed by atoms with Crippen molar-refractivity contribution in [2.45, 2.75) is 19.4 Å². The van der Waals surface area contributed by atoms with Crippen LogP contribution in [0.15, 0.2) is 54.6 Å². The van der Waals surface area contributed by atoms with Gasteiger partial charge in [-0.25, -0.2) is 4.39 Å². The molecule has 0 spiro atoms. The largest absolute Gasteiger partial charge is 0.382 e. The second-order valence-electron chi connectivity index (χ2n) is 6.55. The van der Waals surface area contributed by atoms with E-state index in [1.54, 1.807) is 12.1 Å². The third-order valence-electron chi connectivity index (χ3n) is 4.65. The summed E-state index contributed by atoms with van der Waals surface area (Å²) < 4.78 is 13.0. The lowest BCUT2D eigenvalue weighted by Gasteiger charge is -2.37. The van der Waals surface area contributed by atoms with E-state index in [0.29, 0.717) is 24.1 Å². The molecule has 1 N–H and O–H groups in total. The first-order valence-corrected chi connectivity index (χ1v) is 8.44. The summed E-state index contributed by atoms with van der Waals surface area (Å²) in [6, 6.07) is 16.5. The molecule has 24 heavy (non-hydrogen) atoms. The molecule has 3 nitrogen and oxygen atoms in total. The van der Waals surface area contributed by atoms with Crippen molar-refractivity contribution in [1.82, 2.24) is 4.90 Å². The summed E-state index contributed by atoms with van der Waals surface area (Å²) in [6.07, 6.45) is 1.01. The van der Waals surface area contributed by atoms with Crippen LogP contribution in [0.3, 0.4) is 0 Å². The average Bonchev–Trinajstić information content (AvgIpc) is 2.59. The van der Waals surface area contributed by atoms with Crippen LogP contribution in [-0.2, 0) is 0 Å². The molecule has 0 aromatic heterocycles. The van der Waals surface area contributed by atoms with Gasteiger partial charge in [-0.1, -0.05) is 25.1 Å². The predicted molar refractivity (Wildman–Crippen MR) is 94.8 cm³/mol. The molecule has 4 heteroatoms. The van der Waals surface area contributed by atoms with E-state index in [-0.39, 0.29) is 11.6 Å². The van der Waals surface area contributed by atoms with Crippen LogP contribution in [0, 0.1) is 11.7 Å². The number of Topliss-reactive ketones (excluding diaryl/α,β-unsaturated/α-hetero) is 1. The number of ketones is 1. The molecule has 3 rings (SSSR count). The number of hydrogen-bond acceptors (Lipinski definition) is 3. The van der Waals surface area contributed by atoms with Crippen molar-refractivity contribution >= 4 is 11.5 Å². The normalized spacial score (nSPS) is 21.4. The van der Waals surface area contributed by atoms with Gasteiger partial charge in [0.25, 0.3) is 0 Å². The molecule has 2 aromatic carbocycles. The molecule has 1 fully saturated rings. The number of nitrogens with zero attached hydrogens (tertiary/aromatic N) is 1. The van der Waals surface area contributed by atoms with Gasteiger partial charge in [0.05, 0.1) is 6.54 Å². The topological polar surface area (TPSA) is 32.3 Å². The highest BCUT2D eigenvalue weighted by Crippen LogP contribution is 2.21. The SMILES string of the molecule is C[C@H]1CN(CC(=O)c2ccc(F)cc2)CC[C@H]1Nc1ccccc1. The van der Waals surface area contributed by atoms with E-state index in [9.17, 15) is 9.18 Å². The van der Waals surface area contributed by atoms with Crippen molar-refractivity contribution in [3.63, 3.8) is 0 Å². The van der Waals surface area contributed by atoms with Crippen LogP contribution in [0.1, 0.15) is 23.7 Å². The zero-order chi connectivity index (χ0) is 16.9. The van der Waals surface area contributed by atoms with Gasteiger partial charge in [-0.3, -0.25) is 9.69 Å². The summed E-state index contributed by atoms with van der Waals surface area (Å²) in [5.41, 5.74) is 1.72. The first-order valence-electron chi connectivity index (χ1n) is 8.44. The van der Waals surface area contributed by atoms with E-state index in [1.165, 1.54) is 12.1 Å². The number of likely N-dealkylation sites (tertiary alicyclic amines) is 1. The zero-order valence-electron chi connectivity index (χ0n) is 13.9. The first-order chi connectivity index (χ1) is 11.6. The number of halogens is 1. The van der Waals surface area contributed by atoms with E-state index in [0.717, 1.165) is 25.2 Å². The Morgan fingerprint density at radius 1 is 1.17 bits per heavy atom. The lowest BCUT2D eigenvalue weighted by molar-refractivity contribution is 0.0884. The third kappa shape index (κ3) is 4.20. The van der Waals surface area contributed by atoms with Crippen LogP contribution in [0.5, 0.6) is 0 Å². The Bertz CT molecular complexity index is 672. The number of carbonyl (C=O) groups is 1. The number of hydrogen-bond donors (Lipinski definition) is 1. The molecule has 2 aromatic rings. The van der Waals surface area contributed by atoms with Crippen LogP contribution in [0.25, 0.3) is 0 Å². The van der Waals surface area contributed by atoms with Gasteiger partial charge in [0.1, 0.15) is 5.82 Å². The van der Waals surface area contributed by atoms with Crippen LogP contribution in [0.4, 0.5) is 10.1 Å². The van der Waals surface area contributed by atoms with E-state index in [1.807, 2.05) is 18.2 Å². The first kappa shape index (κ1) is 16.7. The molecule has 0 unspecified atom stereocenters. The van der Waals surface area contributed by atoms with E-state index < -0.39 is 0 Å². The number of anilines is 1. The molecular weight excluding hydrogens is 303 g/mol. The van der Waals surface area contributed by atoms with Gasteiger partial charge in [-0.2, -0.15) is 0 Å². The van der Waals surface area contributed by atoms with Gasteiger partial charge in [0.2, 0.25) is 0 Å². The molecule has 0 radical (unpaired) electrons. The minimum Gasteiger partial charge on any atom is -0.382 e. The van der Waals surface area contributed by atoms with Crippen LogP contribution in [-0.4, -0.2) is 36.4 Å². The van der Waals surface area contributed by atoms with Crippen molar-refractivity contribution in [3.8, 4) is 0 Å². The van der Waals surface area contributed by atoms with Crippen LogP contribution in [0.2, 0.25) is 0 Å². The second-order valence-corrected chi connectivity index (χ2v) is 6.55. The third-order valence-corrected chi connectivity index (χ3v) is 4.65. The maximum absolute atomic E-state index is 13.0. The molecule has 0 aliphatic carbocycles. The average molecular weight is 326 g/mol. The summed E-state index contributed by atoms with van der Waals surface area (Å²) in [5.74, 6) is 0.199. The summed E-state index contributed by atoms with van der Waals surface area (Å²) in [5, 5.41) is 3.59. The molecule has 0 saturated carbocycles. The van der Waals surface area contributed by atoms with E-state index in [2.05, 4.69) is 29.3 Å². The number of benzene rings is 2. The molecule has 2 atom stereocenters. The summed E-state index contributed by atoms with van der Waals surface area (Å²) in [6.45, 7) is 4.39. The Morgan fingerprint density at radius 3 is 2.54 bits per heavy atom. The number of para-hydroxylation sites is 1. The number of rotatable bonds is 5. The van der Waals surface area contributed by atoms with Gasteiger partial charge in [-0.15, -0.1) is 0 Å². The minimum atomic E-state index is -0.312. The molecule has 0 bridgehead atoms. The van der Waals surface area contributed by atoms with Crippen LogP contribution >= 0.6 is 0 Å². The molecule has 1 saturated heterocycles. The highest BCUT2D eigenvalue weighted by atomic mass is 19.1. The van der Waals surface area contributed by atoms with Crippen molar-refractivity contribution in [1.29, 1.82) is 0 Å². The lowest BCUT2D eigenvalue weighted by Crippen LogP contribution is -2.46. The van der Waals surface area contributed by atoms with Crippen molar-refractivity contribution in [2.75, 3.05) is 25.0 Å². The number of nitrogens with one attached hydrogen (secondary N) is 1. The van der Waals surface area contributed by atoms with Gasteiger partial charge >= 0.3 is 0 Å². The maximum atomic E-state index is 13.0. The molecule has 1 heterocycles. The number of piperidine rings is 1. The molecule has 1 aliphatic rings. The molecule has 1 aliphatic heterocycles. The molecule has 0 amide bonds. The Morgan fingerprint density at radius 2 is 1.88 bits per heavy atom. The Labute approximate surface area is 142 Å². The highest BCUT2D eigenvalue weighted by Gasteiger charge is 2.27. The second kappa shape index (κ2) is 7.58. The van der Waals surface area contributed by atoms with Crippen molar-refractivity contribution in [2.24, 2.45) is 5.92 Å². The van der Waals surface area contributed by atoms with E-state index >= 15 is 0 Å². The Balaban J connectivity index is 1.53. The maximum Gasteiger partial charge on any atom is 0.176 e. The fraction of sp³-hybridized carbons (Fsp3) is 0.350. The van der Waals surface area contributed by atoms with Gasteiger partial charge in [0, 0.05) is 30.4 Å². The Hall–Kier alpha value is -2.20. The van der Waals surface area contributed by atoms with Gasteiger partial charge in [-0.05, 0) is 48.7 Å². The highest BCUT2D eigenvalue weighted by molar-refractivity contribution is 5.97. The minimum absolute atomic E-state index is 0.0525. The summed E-state index contributed by atoms with van der Waals surface area (Å²) in [7, 11) is 0. The van der Waals surface area contributed by atoms with Crippen molar-refractivity contribution in [3.05, 3.63) is 66.0 Å². The standard InChI is InChI=1S/C20H23FN2O/c1-15-13-23(14-20(24)16-7-9-17(21)10-8-16)12-11-19(15)22-18-5-3-2-4-6-18/h2-10,15,19,22H,11-14H2,1H3/t15-,19+/m0/s1. The molecular formula is C20H23FN2O. The van der Waals surface area contributed by atoms with Gasteiger partial charge in [0.15, 0.2) is 5.78 Å². The fourth-order valence-corrected chi connectivity index (χ4v) is 3.27. The van der Waals surface area contributed by atoms with Gasteiger partial charge < -0.3 is 5.32 Å². The summed E-state index contributed by atoms with van der Waals surface area (Å²) >= 11 is 0. The molecule has 126 valence electrons. The zero-order valence-corrected chi connectivity index (χ0v) is 13.9. The summed E-state index contributed by atoms with van der Waals surface area (Å²) in [4.78, 5) is 14.5. The van der Waals surface area contributed by atoms with Crippen LogP contribution < -0.4 is 5.32 Å². The Kier molecular flexibility index (Phi) is 5.26. The quantitative estimate of drug-likeness (QED) is 0.848. The smallest absolute Gasteiger partial charge is 0.176 e. The lowest BCUT2D eigenvalue weighted by atomic mass is 9.93.